The van der Waals surface area contributed by atoms with Crippen molar-refractivity contribution >= 4 is 11.4 Å². The van der Waals surface area contributed by atoms with E-state index < -0.39 is 0 Å². The van der Waals surface area contributed by atoms with Crippen molar-refractivity contribution in [3.63, 3.8) is 0 Å². The first-order chi connectivity index (χ1) is 8.38. The predicted molar refractivity (Wildman–Crippen MR) is 70.4 cm³/mol. The summed E-state index contributed by atoms with van der Waals surface area (Å²) in [7, 11) is 0. The number of nitrogens with one attached hydrogen (secondary N) is 2. The largest absolute Gasteiger partial charge is 0.384 e. The molecule has 1 unspecified atom stereocenters. The molecule has 1 atom stereocenters. The Hall–Kier alpha value is -1.29. The van der Waals surface area contributed by atoms with Crippen LogP contribution >= 0.6 is 0 Å². The van der Waals surface area contributed by atoms with Crippen LogP contribution in [0, 0.1) is 5.92 Å². The highest BCUT2D eigenvalue weighted by Crippen LogP contribution is 2.16. The van der Waals surface area contributed by atoms with Crippen LogP contribution in [0.5, 0.6) is 0 Å². The quantitative estimate of drug-likeness (QED) is 0.822. The Kier molecular flexibility index (Phi) is 4.62. The lowest BCUT2D eigenvalue weighted by Crippen LogP contribution is -2.24. The van der Waals surface area contributed by atoms with Gasteiger partial charge in [0.2, 0.25) is 0 Å². The molecule has 17 heavy (non-hydrogen) atoms. The highest BCUT2D eigenvalue weighted by molar-refractivity contribution is 5.53. The van der Waals surface area contributed by atoms with Gasteiger partial charge >= 0.3 is 0 Å². The summed E-state index contributed by atoms with van der Waals surface area (Å²) < 4.78 is 5.46. The lowest BCUT2D eigenvalue weighted by atomic mass is 10.0. The van der Waals surface area contributed by atoms with E-state index in [1.807, 2.05) is 12.4 Å². The average molecular weight is 235 g/mol. The van der Waals surface area contributed by atoms with Crippen LogP contribution in [0.15, 0.2) is 18.5 Å². The second-order valence-electron chi connectivity index (χ2n) is 4.46. The van der Waals surface area contributed by atoms with Gasteiger partial charge in [-0.2, -0.15) is 0 Å². The van der Waals surface area contributed by atoms with Gasteiger partial charge in [0.1, 0.15) is 0 Å². The summed E-state index contributed by atoms with van der Waals surface area (Å²) in [6.07, 6.45) is 6.15. The van der Waals surface area contributed by atoms with Crippen molar-refractivity contribution < 1.29 is 4.74 Å². The Morgan fingerprint density at radius 1 is 1.35 bits per heavy atom. The molecular weight excluding hydrogens is 214 g/mol. The summed E-state index contributed by atoms with van der Waals surface area (Å²) in [6.45, 7) is 5.78. The van der Waals surface area contributed by atoms with E-state index in [9.17, 15) is 0 Å². The van der Waals surface area contributed by atoms with Gasteiger partial charge in [-0.1, -0.05) is 0 Å². The van der Waals surface area contributed by atoms with E-state index in [1.54, 1.807) is 0 Å². The number of pyridine rings is 1. The molecule has 0 aliphatic carbocycles. The van der Waals surface area contributed by atoms with Crippen molar-refractivity contribution in [3.8, 4) is 0 Å². The molecule has 0 spiro atoms. The second kappa shape index (κ2) is 6.45. The minimum atomic E-state index is 0.631. The van der Waals surface area contributed by atoms with Gasteiger partial charge in [0.15, 0.2) is 0 Å². The topological polar surface area (TPSA) is 46.2 Å². The molecule has 0 saturated carbocycles. The first-order valence-corrected chi connectivity index (χ1v) is 6.39. The van der Waals surface area contributed by atoms with E-state index in [2.05, 4.69) is 28.6 Å². The van der Waals surface area contributed by atoms with E-state index in [-0.39, 0.29) is 0 Å². The van der Waals surface area contributed by atoms with Crippen LogP contribution in [-0.2, 0) is 4.74 Å². The minimum Gasteiger partial charge on any atom is -0.384 e. The van der Waals surface area contributed by atoms with Gasteiger partial charge in [-0.25, -0.2) is 0 Å². The molecule has 0 aromatic carbocycles. The summed E-state index contributed by atoms with van der Waals surface area (Å²) in [4.78, 5) is 4.21. The molecule has 1 aliphatic rings. The Morgan fingerprint density at radius 2 is 2.18 bits per heavy atom. The number of hydrogen-bond acceptors (Lipinski definition) is 4. The lowest BCUT2D eigenvalue weighted by Gasteiger charge is -2.22. The monoisotopic (exact) mass is 235 g/mol. The van der Waals surface area contributed by atoms with E-state index in [0.29, 0.717) is 5.92 Å². The zero-order valence-corrected chi connectivity index (χ0v) is 10.4. The third-order valence-electron chi connectivity index (χ3n) is 2.97. The Balaban J connectivity index is 1.83. The maximum atomic E-state index is 5.46. The molecule has 94 valence electrons. The Morgan fingerprint density at radius 3 is 2.88 bits per heavy atom. The first kappa shape index (κ1) is 12.2. The summed E-state index contributed by atoms with van der Waals surface area (Å²) in [5.74, 6) is 0.631. The predicted octanol–water partition coefficient (Wildman–Crippen LogP) is 2.35. The molecule has 0 bridgehead atoms. The fourth-order valence-corrected chi connectivity index (χ4v) is 2.07. The molecule has 2 rings (SSSR count). The van der Waals surface area contributed by atoms with E-state index in [4.69, 9.17) is 4.74 Å². The molecule has 4 nitrogen and oxygen atoms in total. The van der Waals surface area contributed by atoms with Gasteiger partial charge in [0.05, 0.1) is 30.4 Å². The lowest BCUT2D eigenvalue weighted by molar-refractivity contribution is 0.0595. The zero-order valence-electron chi connectivity index (χ0n) is 10.4. The van der Waals surface area contributed by atoms with Crippen molar-refractivity contribution in [2.75, 3.05) is 36.9 Å². The minimum absolute atomic E-state index is 0.631. The normalized spacial score (nSPS) is 19.9. The van der Waals surface area contributed by atoms with Crippen molar-refractivity contribution in [1.29, 1.82) is 0 Å². The number of nitrogens with zero attached hydrogens (tertiary/aromatic N) is 1. The van der Waals surface area contributed by atoms with Crippen LogP contribution < -0.4 is 10.6 Å². The third kappa shape index (κ3) is 3.89. The standard InChI is InChI=1S/C13H21N3O/c1-2-15-12-6-13(9-14-8-12)16-7-11-4-3-5-17-10-11/h6,8-9,11,15-16H,2-5,7,10H2,1H3. The van der Waals surface area contributed by atoms with Crippen molar-refractivity contribution in [2.45, 2.75) is 19.8 Å². The van der Waals surface area contributed by atoms with E-state index >= 15 is 0 Å². The van der Waals surface area contributed by atoms with E-state index in [1.165, 1.54) is 12.8 Å². The van der Waals surface area contributed by atoms with Gasteiger partial charge in [0.25, 0.3) is 0 Å². The van der Waals surface area contributed by atoms with Crippen LogP contribution in [-0.4, -0.2) is 31.3 Å². The molecule has 1 saturated heterocycles. The van der Waals surface area contributed by atoms with Crippen LogP contribution in [0.2, 0.25) is 0 Å². The Bertz CT molecular complexity index is 337. The Labute approximate surface area is 103 Å². The SMILES string of the molecule is CCNc1cncc(NCC2CCCOC2)c1. The smallest absolute Gasteiger partial charge is 0.0547 e. The van der Waals surface area contributed by atoms with Crippen LogP contribution in [0.4, 0.5) is 11.4 Å². The van der Waals surface area contributed by atoms with Gasteiger partial charge < -0.3 is 15.4 Å². The van der Waals surface area contributed by atoms with Crippen LogP contribution in [0.25, 0.3) is 0 Å². The van der Waals surface area contributed by atoms with Gasteiger partial charge in [-0.3, -0.25) is 4.98 Å². The average Bonchev–Trinajstić information content (AvgIpc) is 2.39. The molecule has 1 fully saturated rings. The number of anilines is 2. The maximum Gasteiger partial charge on any atom is 0.0547 e. The molecule has 4 heteroatoms. The fourth-order valence-electron chi connectivity index (χ4n) is 2.07. The summed E-state index contributed by atoms with van der Waals surface area (Å²) in [6, 6.07) is 2.10. The molecule has 1 aliphatic heterocycles. The third-order valence-corrected chi connectivity index (χ3v) is 2.97. The molecular formula is C13H21N3O. The summed E-state index contributed by atoms with van der Waals surface area (Å²) >= 11 is 0. The van der Waals surface area contributed by atoms with Crippen molar-refractivity contribution in [1.82, 2.24) is 4.98 Å². The number of rotatable bonds is 5. The number of aromatic nitrogens is 1. The summed E-state index contributed by atoms with van der Waals surface area (Å²) in [5.41, 5.74) is 2.14. The first-order valence-electron chi connectivity index (χ1n) is 6.39. The van der Waals surface area contributed by atoms with Gasteiger partial charge in [-0.15, -0.1) is 0 Å². The molecule has 1 aromatic heterocycles. The zero-order chi connectivity index (χ0) is 11.9. The van der Waals surface area contributed by atoms with Crippen molar-refractivity contribution in [3.05, 3.63) is 18.5 Å². The highest BCUT2D eigenvalue weighted by atomic mass is 16.5. The molecule has 0 amide bonds. The number of hydrogen-bond donors (Lipinski definition) is 2. The molecule has 0 radical (unpaired) electrons. The molecule has 2 N–H and O–H groups in total. The second-order valence-corrected chi connectivity index (χ2v) is 4.46. The van der Waals surface area contributed by atoms with Gasteiger partial charge in [-0.05, 0) is 31.7 Å². The van der Waals surface area contributed by atoms with Crippen LogP contribution in [0.1, 0.15) is 19.8 Å². The van der Waals surface area contributed by atoms with E-state index in [0.717, 1.165) is 37.7 Å². The van der Waals surface area contributed by atoms with Gasteiger partial charge in [0, 0.05) is 19.7 Å². The fraction of sp³-hybridized carbons (Fsp3) is 0.615. The summed E-state index contributed by atoms with van der Waals surface area (Å²) in [5, 5.41) is 6.69. The van der Waals surface area contributed by atoms with Crippen molar-refractivity contribution in [2.24, 2.45) is 5.92 Å². The van der Waals surface area contributed by atoms with Crippen LogP contribution in [0.3, 0.4) is 0 Å². The number of ether oxygens (including phenoxy) is 1. The molecule has 2 heterocycles. The highest BCUT2D eigenvalue weighted by Gasteiger charge is 2.13. The molecule has 1 aromatic rings. The maximum absolute atomic E-state index is 5.46.